The van der Waals surface area contributed by atoms with Crippen LogP contribution in [0.2, 0.25) is 0 Å². The number of epoxide rings is 2. The van der Waals surface area contributed by atoms with Crippen molar-refractivity contribution < 1.29 is 9.47 Å². The Morgan fingerprint density at radius 1 is 0.909 bits per heavy atom. The summed E-state index contributed by atoms with van der Waals surface area (Å²) in [6, 6.07) is 21.7. The van der Waals surface area contributed by atoms with Crippen molar-refractivity contribution in [2.24, 2.45) is 0 Å². The molecular formula is C19H17O2P. The van der Waals surface area contributed by atoms with Crippen LogP contribution in [0, 0.1) is 0 Å². The molecule has 2 saturated heterocycles. The van der Waals surface area contributed by atoms with Crippen LogP contribution in [0.25, 0.3) is 0 Å². The lowest BCUT2D eigenvalue weighted by atomic mass is 9.98. The van der Waals surface area contributed by atoms with Crippen LogP contribution in [0.1, 0.15) is 0 Å². The van der Waals surface area contributed by atoms with Gasteiger partial charge in [-0.05, 0) is 18.5 Å². The van der Waals surface area contributed by atoms with Gasteiger partial charge in [-0.15, -0.1) is 0 Å². The first kappa shape index (κ1) is 13.0. The molecule has 0 amide bonds. The van der Waals surface area contributed by atoms with Crippen molar-refractivity contribution in [2.45, 2.75) is 23.9 Å². The van der Waals surface area contributed by atoms with E-state index in [1.54, 1.807) is 0 Å². The lowest BCUT2D eigenvalue weighted by Crippen LogP contribution is -2.28. The lowest BCUT2D eigenvalue weighted by molar-refractivity contribution is 0.300. The van der Waals surface area contributed by atoms with Gasteiger partial charge in [0.1, 0.15) is 23.9 Å². The maximum absolute atomic E-state index is 6.10. The SMILES string of the molecule is C1=CC2(CP(c3ccccc3)c3ccccc3)OC2C2OC12. The van der Waals surface area contributed by atoms with E-state index in [0.717, 1.165) is 6.16 Å². The minimum atomic E-state index is -0.413. The van der Waals surface area contributed by atoms with Crippen LogP contribution in [0.15, 0.2) is 72.8 Å². The van der Waals surface area contributed by atoms with Crippen LogP contribution in [0.3, 0.4) is 0 Å². The van der Waals surface area contributed by atoms with Crippen LogP contribution >= 0.6 is 7.92 Å². The van der Waals surface area contributed by atoms with E-state index < -0.39 is 7.92 Å². The van der Waals surface area contributed by atoms with E-state index in [1.165, 1.54) is 10.6 Å². The second-order valence-electron chi connectivity index (χ2n) is 6.18. The molecule has 2 aromatic rings. The number of hydrogen-bond donors (Lipinski definition) is 0. The van der Waals surface area contributed by atoms with Crippen LogP contribution in [-0.4, -0.2) is 30.1 Å². The molecule has 0 N–H and O–H groups in total. The molecule has 4 unspecified atom stereocenters. The van der Waals surface area contributed by atoms with Gasteiger partial charge in [0, 0.05) is 6.16 Å². The third-order valence-corrected chi connectivity index (χ3v) is 7.39. The molecule has 3 aliphatic rings. The average molecular weight is 308 g/mol. The Balaban J connectivity index is 1.50. The molecule has 0 saturated carbocycles. The Hall–Kier alpha value is -1.47. The summed E-state index contributed by atoms with van der Waals surface area (Å²) in [7, 11) is -0.413. The van der Waals surface area contributed by atoms with Crippen LogP contribution in [0.5, 0.6) is 0 Å². The Bertz CT molecular complexity index is 675. The molecule has 0 radical (unpaired) electrons. The van der Waals surface area contributed by atoms with E-state index in [0.29, 0.717) is 12.2 Å². The van der Waals surface area contributed by atoms with Gasteiger partial charge < -0.3 is 9.47 Å². The molecule has 2 aliphatic heterocycles. The van der Waals surface area contributed by atoms with Crippen LogP contribution in [-0.2, 0) is 9.47 Å². The van der Waals surface area contributed by atoms with E-state index >= 15 is 0 Å². The highest BCUT2D eigenvalue weighted by Crippen LogP contribution is 2.56. The molecule has 110 valence electrons. The smallest absolute Gasteiger partial charge is 0.121 e. The predicted molar refractivity (Wildman–Crippen MR) is 89.3 cm³/mol. The second kappa shape index (κ2) is 4.76. The first-order chi connectivity index (χ1) is 10.9. The summed E-state index contributed by atoms with van der Waals surface area (Å²) >= 11 is 0. The summed E-state index contributed by atoms with van der Waals surface area (Å²) in [5, 5.41) is 2.83. The molecule has 3 heteroatoms. The first-order valence-corrected chi connectivity index (χ1v) is 9.29. The fourth-order valence-electron chi connectivity index (χ4n) is 3.45. The number of benzene rings is 2. The maximum atomic E-state index is 6.10. The Morgan fingerprint density at radius 2 is 1.55 bits per heavy atom. The summed E-state index contributed by atoms with van der Waals surface area (Å²) in [5.74, 6) is 0. The third-order valence-electron chi connectivity index (χ3n) is 4.74. The molecule has 0 aromatic heterocycles. The number of ether oxygens (including phenoxy) is 2. The van der Waals surface area contributed by atoms with Crippen molar-refractivity contribution in [1.29, 1.82) is 0 Å². The van der Waals surface area contributed by atoms with E-state index in [2.05, 4.69) is 72.8 Å². The first-order valence-electron chi connectivity index (χ1n) is 7.76. The zero-order chi connectivity index (χ0) is 14.6. The summed E-state index contributed by atoms with van der Waals surface area (Å²) < 4.78 is 11.7. The van der Waals surface area contributed by atoms with Gasteiger partial charge >= 0.3 is 0 Å². The lowest BCUT2D eigenvalue weighted by Gasteiger charge is -2.22. The molecule has 2 aromatic carbocycles. The summed E-state index contributed by atoms with van der Waals surface area (Å²) in [4.78, 5) is 0. The van der Waals surface area contributed by atoms with Crippen molar-refractivity contribution in [3.8, 4) is 0 Å². The van der Waals surface area contributed by atoms with Crippen molar-refractivity contribution in [2.75, 3.05) is 6.16 Å². The van der Waals surface area contributed by atoms with Crippen molar-refractivity contribution in [3.63, 3.8) is 0 Å². The number of hydrogen-bond acceptors (Lipinski definition) is 2. The highest BCUT2D eigenvalue weighted by Gasteiger charge is 2.68. The molecule has 22 heavy (non-hydrogen) atoms. The van der Waals surface area contributed by atoms with Gasteiger partial charge in [-0.25, -0.2) is 0 Å². The Labute approximate surface area is 131 Å². The molecule has 2 nitrogen and oxygen atoms in total. The molecule has 5 rings (SSSR count). The minimum Gasteiger partial charge on any atom is -0.362 e. The topological polar surface area (TPSA) is 25.1 Å². The van der Waals surface area contributed by atoms with Crippen LogP contribution in [0.4, 0.5) is 0 Å². The van der Waals surface area contributed by atoms with Crippen molar-refractivity contribution in [1.82, 2.24) is 0 Å². The Morgan fingerprint density at radius 3 is 2.18 bits per heavy atom. The summed E-state index contributed by atoms with van der Waals surface area (Å²) in [6.45, 7) is 0. The highest BCUT2D eigenvalue weighted by molar-refractivity contribution is 7.73. The van der Waals surface area contributed by atoms with Crippen LogP contribution < -0.4 is 10.6 Å². The second-order valence-corrected chi connectivity index (χ2v) is 8.38. The zero-order valence-corrected chi connectivity index (χ0v) is 13.0. The molecule has 2 fully saturated rings. The zero-order valence-electron chi connectivity index (χ0n) is 12.1. The number of fused-ring (bicyclic) bond motifs is 3. The fourth-order valence-corrected chi connectivity index (χ4v) is 6.03. The monoisotopic (exact) mass is 308 g/mol. The van der Waals surface area contributed by atoms with Gasteiger partial charge in [0.05, 0.1) is 0 Å². The Kier molecular flexibility index (Phi) is 2.82. The summed E-state index contributed by atoms with van der Waals surface area (Å²) in [5.41, 5.74) is -0.0882. The fraction of sp³-hybridized carbons (Fsp3) is 0.263. The van der Waals surface area contributed by atoms with Gasteiger partial charge in [0.15, 0.2) is 0 Å². The van der Waals surface area contributed by atoms with E-state index in [1.807, 2.05) is 0 Å². The largest absolute Gasteiger partial charge is 0.362 e. The van der Waals surface area contributed by atoms with Gasteiger partial charge in [-0.3, -0.25) is 0 Å². The van der Waals surface area contributed by atoms with Gasteiger partial charge in [0.25, 0.3) is 0 Å². The molecule has 0 bridgehead atoms. The third kappa shape index (κ3) is 2.06. The summed E-state index contributed by atoms with van der Waals surface area (Å²) in [6.07, 6.45) is 6.41. The van der Waals surface area contributed by atoms with Gasteiger partial charge in [-0.1, -0.05) is 72.8 Å². The predicted octanol–water partition coefficient (Wildman–Crippen LogP) is 2.59. The number of rotatable bonds is 4. The normalized spacial score (nSPS) is 34.1. The maximum Gasteiger partial charge on any atom is 0.121 e. The molecule has 1 aliphatic carbocycles. The van der Waals surface area contributed by atoms with E-state index in [4.69, 9.17) is 9.47 Å². The molecular weight excluding hydrogens is 291 g/mol. The molecule has 2 heterocycles. The molecule has 4 atom stereocenters. The van der Waals surface area contributed by atoms with Crippen molar-refractivity contribution >= 4 is 18.5 Å². The van der Waals surface area contributed by atoms with Crippen molar-refractivity contribution in [3.05, 3.63) is 72.8 Å². The molecule has 0 spiro atoms. The standard InChI is InChI=1S/C19H17O2P/c1-3-7-14(8-4-1)22(15-9-5-2-6-10-15)13-19-12-11-16-17(20-16)18(19)21-19/h1-12,16-18H,13H2. The average Bonchev–Trinajstić information content (AvgIpc) is 3.46. The van der Waals surface area contributed by atoms with E-state index in [-0.39, 0.29) is 11.7 Å². The van der Waals surface area contributed by atoms with Gasteiger partial charge in [-0.2, -0.15) is 0 Å². The minimum absolute atomic E-state index is 0.0882. The van der Waals surface area contributed by atoms with E-state index in [9.17, 15) is 0 Å². The van der Waals surface area contributed by atoms with Gasteiger partial charge in [0.2, 0.25) is 0 Å². The highest BCUT2D eigenvalue weighted by atomic mass is 31.1. The quantitative estimate of drug-likeness (QED) is 0.493.